The Morgan fingerprint density at radius 3 is 2.61 bits per heavy atom. The molecule has 0 aliphatic carbocycles. The van der Waals surface area contributed by atoms with E-state index >= 15 is 0 Å². The van der Waals surface area contributed by atoms with Gasteiger partial charge < -0.3 is 0 Å². The molecule has 18 heavy (non-hydrogen) atoms. The number of pyridine rings is 1. The van der Waals surface area contributed by atoms with E-state index in [0.29, 0.717) is 5.82 Å². The minimum absolute atomic E-state index is 0.00852. The highest BCUT2D eigenvalue weighted by Gasteiger charge is 2.38. The van der Waals surface area contributed by atoms with Crippen molar-refractivity contribution in [3.05, 3.63) is 20.9 Å². The molecule has 0 N–H and O–H groups in total. The molecule has 5 nitrogen and oxygen atoms in total. The number of hydrogen-bond acceptors (Lipinski definition) is 4. The van der Waals surface area contributed by atoms with E-state index < -0.39 is 14.3 Å². The van der Waals surface area contributed by atoms with E-state index in [4.69, 9.17) is 22.3 Å². The Labute approximate surface area is 127 Å². The average molecular weight is 421 g/mol. The summed E-state index contributed by atoms with van der Waals surface area (Å²) < 4.78 is 23.2. The predicted molar refractivity (Wildman–Crippen MR) is 77.5 cm³/mol. The molecule has 2 heterocycles. The Morgan fingerprint density at radius 1 is 1.44 bits per heavy atom. The summed E-state index contributed by atoms with van der Waals surface area (Å²) in [7, 11) is 1.51. The number of nitrogens with zero attached hydrogens (tertiary/aromatic N) is 2. The van der Waals surface area contributed by atoms with Gasteiger partial charge in [-0.3, -0.25) is 9.69 Å². The molecule has 1 aromatic rings. The van der Waals surface area contributed by atoms with E-state index in [2.05, 4.69) is 4.98 Å². The van der Waals surface area contributed by atoms with Crippen LogP contribution in [0.1, 0.15) is 6.42 Å². The Morgan fingerprint density at radius 2 is 2.11 bits per heavy atom. The third-order valence-electron chi connectivity index (χ3n) is 2.55. The molecule has 0 spiro atoms. The highest BCUT2D eigenvalue weighted by Crippen LogP contribution is 2.27. The summed E-state index contributed by atoms with van der Waals surface area (Å²) in [5, 5.41) is -0.621. The molecule has 0 bridgehead atoms. The minimum atomic E-state index is -3.75. The summed E-state index contributed by atoms with van der Waals surface area (Å²) >= 11 is 7.88. The van der Waals surface area contributed by atoms with Crippen molar-refractivity contribution in [2.24, 2.45) is 0 Å². The fraction of sp³-hybridized carbons (Fsp3) is 0.333. The molecule has 98 valence electrons. The van der Waals surface area contributed by atoms with Gasteiger partial charge in [-0.2, -0.15) is 0 Å². The lowest BCUT2D eigenvalue weighted by Gasteiger charge is -2.15. The molecule has 1 amide bonds. The maximum absolute atomic E-state index is 11.7. The topological polar surface area (TPSA) is 67.3 Å². The van der Waals surface area contributed by atoms with Gasteiger partial charge in [0.1, 0.15) is 16.2 Å². The highest BCUT2D eigenvalue weighted by molar-refractivity contribution is 14.1. The summed E-state index contributed by atoms with van der Waals surface area (Å²) in [5.74, 6) is 0.0160. The van der Waals surface area contributed by atoms with Crippen molar-refractivity contribution in [3.8, 4) is 0 Å². The SMILES string of the molecule is O=C1CC(S(=O)(=O)Cl)CN1c1ccc(I)c(Cl)n1. The van der Waals surface area contributed by atoms with Gasteiger partial charge in [-0.1, -0.05) is 11.6 Å². The number of carbonyl (C=O) groups is 1. The molecule has 0 aromatic carbocycles. The number of aromatic nitrogens is 1. The van der Waals surface area contributed by atoms with Crippen molar-refractivity contribution in [2.75, 3.05) is 11.4 Å². The Hall–Kier alpha value is -0.120. The zero-order valence-corrected chi connectivity index (χ0v) is 13.3. The number of rotatable bonds is 2. The first-order valence-electron chi connectivity index (χ1n) is 4.85. The summed E-state index contributed by atoms with van der Waals surface area (Å²) in [6.45, 7) is 0.00852. The van der Waals surface area contributed by atoms with E-state index in [-0.39, 0.29) is 24.0 Å². The van der Waals surface area contributed by atoms with Crippen LogP contribution in [0.2, 0.25) is 5.15 Å². The van der Waals surface area contributed by atoms with E-state index in [1.54, 1.807) is 12.1 Å². The molecular formula is C9H7Cl2IN2O3S. The van der Waals surface area contributed by atoms with E-state index in [1.807, 2.05) is 22.6 Å². The first-order chi connectivity index (χ1) is 8.29. The number of anilines is 1. The maximum Gasteiger partial charge on any atom is 0.237 e. The van der Waals surface area contributed by atoms with Crippen LogP contribution < -0.4 is 4.90 Å². The zero-order valence-electron chi connectivity index (χ0n) is 8.81. The van der Waals surface area contributed by atoms with Crippen molar-refractivity contribution in [2.45, 2.75) is 11.7 Å². The largest absolute Gasteiger partial charge is 0.295 e. The second-order valence-electron chi connectivity index (χ2n) is 3.75. The van der Waals surface area contributed by atoms with Gasteiger partial charge >= 0.3 is 0 Å². The molecule has 1 aromatic heterocycles. The van der Waals surface area contributed by atoms with E-state index in [0.717, 1.165) is 3.57 Å². The number of halogens is 3. The normalized spacial score (nSPS) is 20.5. The standard InChI is InChI=1S/C9H7Cl2IN2O3S/c10-9-6(12)1-2-7(13-9)14-4-5(3-8(14)15)18(11,16)17/h1-2,5H,3-4H2. The van der Waals surface area contributed by atoms with Gasteiger partial charge in [0.15, 0.2) is 0 Å². The van der Waals surface area contributed by atoms with Crippen LogP contribution >= 0.6 is 44.9 Å². The second kappa shape index (κ2) is 5.10. The summed E-state index contributed by atoms with van der Waals surface area (Å²) in [5.41, 5.74) is 0. The number of hydrogen-bond donors (Lipinski definition) is 0. The molecule has 1 atom stereocenters. The number of carbonyl (C=O) groups excluding carboxylic acids is 1. The van der Waals surface area contributed by atoms with E-state index in [9.17, 15) is 13.2 Å². The third kappa shape index (κ3) is 2.89. The molecule has 1 saturated heterocycles. The van der Waals surface area contributed by atoms with Crippen LogP contribution in [0.4, 0.5) is 5.82 Å². The molecule has 2 rings (SSSR count). The van der Waals surface area contributed by atoms with Gasteiger partial charge in [-0.15, -0.1) is 0 Å². The zero-order chi connectivity index (χ0) is 13.5. The predicted octanol–water partition coefficient (Wildman–Crippen LogP) is 2.01. The van der Waals surface area contributed by atoms with Crippen LogP contribution in [0.25, 0.3) is 0 Å². The quantitative estimate of drug-likeness (QED) is 0.417. The maximum atomic E-state index is 11.7. The fourth-order valence-corrected chi connectivity index (χ4v) is 3.12. The van der Waals surface area contributed by atoms with Gasteiger partial charge in [-0.25, -0.2) is 13.4 Å². The van der Waals surface area contributed by atoms with Crippen molar-refractivity contribution >= 4 is 65.7 Å². The first kappa shape index (κ1) is 14.3. The van der Waals surface area contributed by atoms with E-state index in [1.165, 1.54) is 4.90 Å². The number of amides is 1. The molecule has 9 heteroatoms. The Kier molecular flexibility index (Phi) is 4.05. The van der Waals surface area contributed by atoms with Gasteiger partial charge in [0, 0.05) is 23.6 Å². The van der Waals surface area contributed by atoms with Crippen LogP contribution in [-0.2, 0) is 13.8 Å². The lowest BCUT2D eigenvalue weighted by molar-refractivity contribution is -0.117. The fourth-order valence-electron chi connectivity index (χ4n) is 1.64. The molecule has 1 unspecified atom stereocenters. The smallest absolute Gasteiger partial charge is 0.237 e. The molecular weight excluding hydrogens is 414 g/mol. The van der Waals surface area contributed by atoms with Gasteiger partial charge in [0.05, 0.1) is 3.57 Å². The van der Waals surface area contributed by atoms with Crippen LogP contribution in [0.15, 0.2) is 12.1 Å². The molecule has 0 saturated carbocycles. The second-order valence-corrected chi connectivity index (χ2v) is 8.18. The summed E-state index contributed by atoms with van der Waals surface area (Å²) in [6.07, 6.45) is -0.128. The van der Waals surface area contributed by atoms with Gasteiger partial charge in [0.25, 0.3) is 0 Å². The highest BCUT2D eigenvalue weighted by atomic mass is 127. The van der Waals surface area contributed by atoms with Crippen LogP contribution in [0.3, 0.4) is 0 Å². The minimum Gasteiger partial charge on any atom is -0.295 e. The lowest BCUT2D eigenvalue weighted by atomic mass is 10.4. The molecule has 1 aliphatic rings. The monoisotopic (exact) mass is 420 g/mol. The van der Waals surface area contributed by atoms with Crippen molar-refractivity contribution in [1.82, 2.24) is 4.98 Å². The van der Waals surface area contributed by atoms with Crippen molar-refractivity contribution < 1.29 is 13.2 Å². The first-order valence-corrected chi connectivity index (χ1v) is 8.68. The van der Waals surface area contributed by atoms with Crippen LogP contribution in [-0.4, -0.2) is 31.1 Å². The van der Waals surface area contributed by atoms with Gasteiger partial charge in [-0.05, 0) is 34.7 Å². The molecule has 1 fully saturated rings. The lowest BCUT2D eigenvalue weighted by Crippen LogP contribution is -2.27. The van der Waals surface area contributed by atoms with Crippen molar-refractivity contribution in [3.63, 3.8) is 0 Å². The summed E-state index contributed by atoms with van der Waals surface area (Å²) in [6, 6.07) is 3.33. The third-order valence-corrected chi connectivity index (χ3v) is 5.90. The molecule has 1 aliphatic heterocycles. The Balaban J connectivity index is 2.30. The molecule has 0 radical (unpaired) electrons. The van der Waals surface area contributed by atoms with Crippen molar-refractivity contribution in [1.29, 1.82) is 0 Å². The van der Waals surface area contributed by atoms with Crippen LogP contribution in [0, 0.1) is 3.57 Å². The van der Waals surface area contributed by atoms with Gasteiger partial charge in [0.2, 0.25) is 15.0 Å². The average Bonchev–Trinajstić information content (AvgIpc) is 2.64. The summed E-state index contributed by atoms with van der Waals surface area (Å²) in [4.78, 5) is 17.1. The van der Waals surface area contributed by atoms with Crippen LogP contribution in [0.5, 0.6) is 0 Å². The Bertz CT molecular complexity index is 608.